The number of aryl methyl sites for hydroxylation is 1. The standard InChI is InChI=1S/C14H12F2N4O/c1-2-20-7-10-13(18-20)17-8-19(14(10)21)6-9-11(15)4-3-5-12(9)16/h3-5,7-8H,2,6H2,1H3. The van der Waals surface area contributed by atoms with E-state index in [-0.39, 0.29) is 17.7 Å². The van der Waals surface area contributed by atoms with E-state index in [2.05, 4.69) is 10.1 Å². The molecule has 7 heteroatoms. The topological polar surface area (TPSA) is 52.7 Å². The van der Waals surface area contributed by atoms with Crippen molar-refractivity contribution in [3.63, 3.8) is 0 Å². The third kappa shape index (κ3) is 2.31. The maximum atomic E-state index is 13.6. The first-order valence-corrected chi connectivity index (χ1v) is 6.45. The summed E-state index contributed by atoms with van der Waals surface area (Å²) in [5.74, 6) is -1.38. The normalized spacial score (nSPS) is 11.2. The molecule has 5 nitrogen and oxygen atoms in total. The Balaban J connectivity index is 2.09. The zero-order chi connectivity index (χ0) is 15.0. The van der Waals surface area contributed by atoms with Crippen LogP contribution in [0.5, 0.6) is 0 Å². The number of nitrogens with zero attached hydrogens (tertiary/aromatic N) is 4. The van der Waals surface area contributed by atoms with Gasteiger partial charge in [0, 0.05) is 18.3 Å². The van der Waals surface area contributed by atoms with Crippen LogP contribution in [0.25, 0.3) is 11.0 Å². The molecule has 0 fully saturated rings. The van der Waals surface area contributed by atoms with Gasteiger partial charge in [-0.15, -0.1) is 0 Å². The highest BCUT2D eigenvalue weighted by molar-refractivity contribution is 5.72. The maximum Gasteiger partial charge on any atom is 0.264 e. The van der Waals surface area contributed by atoms with Gasteiger partial charge in [-0.2, -0.15) is 5.10 Å². The van der Waals surface area contributed by atoms with Crippen molar-refractivity contribution in [2.45, 2.75) is 20.0 Å². The van der Waals surface area contributed by atoms with Gasteiger partial charge in [-0.3, -0.25) is 14.0 Å². The summed E-state index contributed by atoms with van der Waals surface area (Å²) in [6, 6.07) is 3.60. The molecular weight excluding hydrogens is 278 g/mol. The van der Waals surface area contributed by atoms with Crippen LogP contribution in [0.3, 0.4) is 0 Å². The highest BCUT2D eigenvalue weighted by atomic mass is 19.1. The summed E-state index contributed by atoms with van der Waals surface area (Å²) in [6.07, 6.45) is 2.84. The molecule has 3 aromatic rings. The lowest BCUT2D eigenvalue weighted by Crippen LogP contribution is -2.21. The van der Waals surface area contributed by atoms with Crippen LogP contribution in [0.15, 0.2) is 35.5 Å². The molecule has 108 valence electrons. The maximum absolute atomic E-state index is 13.6. The van der Waals surface area contributed by atoms with Crippen LogP contribution < -0.4 is 5.56 Å². The molecule has 0 aliphatic carbocycles. The van der Waals surface area contributed by atoms with Gasteiger partial charge in [0.25, 0.3) is 5.56 Å². The first-order chi connectivity index (χ1) is 10.1. The lowest BCUT2D eigenvalue weighted by molar-refractivity contribution is 0.541. The van der Waals surface area contributed by atoms with Crippen molar-refractivity contribution in [1.29, 1.82) is 0 Å². The molecule has 0 spiro atoms. The SMILES string of the molecule is CCn1cc2c(=O)n(Cc3c(F)cccc3F)cnc2n1. The fraction of sp³-hybridized carbons (Fsp3) is 0.214. The van der Waals surface area contributed by atoms with Crippen LogP contribution in [0.2, 0.25) is 0 Å². The predicted octanol–water partition coefficient (Wildman–Crippen LogP) is 1.94. The summed E-state index contributed by atoms with van der Waals surface area (Å²) in [5.41, 5.74) is -0.210. The number of halogens is 2. The Kier molecular flexibility index (Phi) is 3.25. The number of hydrogen-bond donors (Lipinski definition) is 0. The van der Waals surface area contributed by atoms with Crippen molar-refractivity contribution in [2.75, 3.05) is 0 Å². The monoisotopic (exact) mass is 290 g/mol. The molecule has 0 aliphatic rings. The van der Waals surface area contributed by atoms with Gasteiger partial charge in [0.05, 0.1) is 6.54 Å². The van der Waals surface area contributed by atoms with E-state index in [0.29, 0.717) is 17.6 Å². The molecule has 0 radical (unpaired) electrons. The van der Waals surface area contributed by atoms with Crippen molar-refractivity contribution in [2.24, 2.45) is 0 Å². The predicted molar refractivity (Wildman–Crippen MR) is 72.9 cm³/mol. The van der Waals surface area contributed by atoms with Crippen molar-refractivity contribution in [1.82, 2.24) is 19.3 Å². The minimum Gasteiger partial charge on any atom is -0.294 e. The summed E-state index contributed by atoms with van der Waals surface area (Å²) < 4.78 is 30.1. The van der Waals surface area contributed by atoms with E-state index in [1.807, 2.05) is 6.92 Å². The van der Waals surface area contributed by atoms with Gasteiger partial charge in [0.15, 0.2) is 5.65 Å². The summed E-state index contributed by atoms with van der Waals surface area (Å²) in [4.78, 5) is 16.4. The van der Waals surface area contributed by atoms with Crippen LogP contribution in [0.1, 0.15) is 12.5 Å². The lowest BCUT2D eigenvalue weighted by atomic mass is 10.2. The molecule has 1 aromatic carbocycles. The zero-order valence-corrected chi connectivity index (χ0v) is 11.3. The van der Waals surface area contributed by atoms with Crippen molar-refractivity contribution >= 4 is 11.0 Å². The van der Waals surface area contributed by atoms with Crippen molar-refractivity contribution < 1.29 is 8.78 Å². The Bertz CT molecular complexity index is 849. The molecule has 0 aliphatic heterocycles. The molecule has 2 heterocycles. The molecular formula is C14H12F2N4O. The molecule has 0 saturated heterocycles. The van der Waals surface area contributed by atoms with Gasteiger partial charge in [-0.25, -0.2) is 13.8 Å². The fourth-order valence-corrected chi connectivity index (χ4v) is 2.12. The number of benzene rings is 1. The summed E-state index contributed by atoms with van der Waals surface area (Å²) >= 11 is 0. The zero-order valence-electron chi connectivity index (χ0n) is 11.3. The highest BCUT2D eigenvalue weighted by Crippen LogP contribution is 2.13. The molecule has 0 N–H and O–H groups in total. The van der Waals surface area contributed by atoms with Crippen LogP contribution in [-0.2, 0) is 13.1 Å². The summed E-state index contributed by atoms with van der Waals surface area (Å²) in [6.45, 7) is 2.29. The van der Waals surface area contributed by atoms with Gasteiger partial charge in [-0.1, -0.05) is 6.07 Å². The van der Waals surface area contributed by atoms with E-state index in [0.717, 1.165) is 12.1 Å². The summed E-state index contributed by atoms with van der Waals surface area (Å²) in [5, 5.41) is 4.45. The number of rotatable bonds is 3. The Morgan fingerprint density at radius 2 is 1.95 bits per heavy atom. The first kappa shape index (κ1) is 13.4. The quantitative estimate of drug-likeness (QED) is 0.740. The van der Waals surface area contributed by atoms with Crippen molar-refractivity contribution in [3.05, 3.63) is 58.3 Å². The largest absolute Gasteiger partial charge is 0.294 e. The molecule has 2 aromatic heterocycles. The van der Waals surface area contributed by atoms with E-state index in [1.165, 1.54) is 17.0 Å². The van der Waals surface area contributed by atoms with Gasteiger partial charge in [0.1, 0.15) is 23.3 Å². The third-order valence-corrected chi connectivity index (χ3v) is 3.27. The average Bonchev–Trinajstić information content (AvgIpc) is 2.89. The molecule has 0 amide bonds. The average molecular weight is 290 g/mol. The van der Waals surface area contributed by atoms with Gasteiger partial charge in [0.2, 0.25) is 0 Å². The number of fused-ring (bicyclic) bond motifs is 1. The van der Waals surface area contributed by atoms with E-state index >= 15 is 0 Å². The third-order valence-electron chi connectivity index (χ3n) is 3.27. The van der Waals surface area contributed by atoms with Gasteiger partial charge < -0.3 is 0 Å². The molecule has 0 atom stereocenters. The molecule has 0 bridgehead atoms. The van der Waals surface area contributed by atoms with E-state index in [1.54, 1.807) is 10.9 Å². The summed E-state index contributed by atoms with van der Waals surface area (Å²) in [7, 11) is 0. The van der Waals surface area contributed by atoms with E-state index in [4.69, 9.17) is 0 Å². The Hall–Kier alpha value is -2.57. The highest BCUT2D eigenvalue weighted by Gasteiger charge is 2.13. The van der Waals surface area contributed by atoms with Crippen molar-refractivity contribution in [3.8, 4) is 0 Å². The number of hydrogen-bond acceptors (Lipinski definition) is 3. The minimum absolute atomic E-state index is 0.163. The van der Waals surface area contributed by atoms with E-state index < -0.39 is 11.6 Å². The second-order valence-electron chi connectivity index (χ2n) is 4.60. The van der Waals surface area contributed by atoms with E-state index in [9.17, 15) is 13.6 Å². The Labute approximate surface area is 118 Å². The smallest absolute Gasteiger partial charge is 0.264 e. The second-order valence-corrected chi connectivity index (χ2v) is 4.60. The molecule has 21 heavy (non-hydrogen) atoms. The minimum atomic E-state index is -0.689. The van der Waals surface area contributed by atoms with Gasteiger partial charge in [-0.05, 0) is 19.1 Å². The first-order valence-electron chi connectivity index (χ1n) is 6.45. The molecule has 3 rings (SSSR count). The molecule has 0 saturated carbocycles. The fourth-order valence-electron chi connectivity index (χ4n) is 2.12. The molecule has 0 unspecified atom stereocenters. The lowest BCUT2D eigenvalue weighted by Gasteiger charge is -2.07. The second kappa shape index (κ2) is 5.08. The van der Waals surface area contributed by atoms with Gasteiger partial charge >= 0.3 is 0 Å². The van der Waals surface area contributed by atoms with Crippen LogP contribution in [-0.4, -0.2) is 19.3 Å². The Morgan fingerprint density at radius 1 is 1.24 bits per heavy atom. The number of aromatic nitrogens is 4. The van der Waals surface area contributed by atoms with Crippen LogP contribution >= 0.6 is 0 Å². The van der Waals surface area contributed by atoms with Crippen LogP contribution in [0, 0.1) is 11.6 Å². The Morgan fingerprint density at radius 3 is 2.62 bits per heavy atom. The van der Waals surface area contributed by atoms with Crippen LogP contribution in [0.4, 0.5) is 8.78 Å².